The molecule has 0 aromatic heterocycles. The largest absolute Gasteiger partial charge is 0.597 e. The summed E-state index contributed by atoms with van der Waals surface area (Å²) in [5, 5.41) is 84.9. The Morgan fingerprint density at radius 1 is 0.897 bits per heavy atom. The van der Waals surface area contributed by atoms with Gasteiger partial charge in [0.1, 0.15) is 30.0 Å². The Balaban J connectivity index is 3.65. The highest BCUT2D eigenvalue weighted by Gasteiger charge is 2.40. The van der Waals surface area contributed by atoms with Crippen LogP contribution in [-0.2, 0) is 43.1 Å². The number of carbonyl (C=O) groups is 8. The maximum Gasteiger partial charge on any atom is 0.333 e. The van der Waals surface area contributed by atoms with E-state index in [1.807, 2.05) is 6.92 Å². The zero-order chi connectivity index (χ0) is 43.9. The molecule has 1 saturated heterocycles. The molecule has 0 aliphatic carbocycles. The highest BCUT2D eigenvalue weighted by atomic mass is 16.6. The van der Waals surface area contributed by atoms with Gasteiger partial charge >= 0.3 is 11.9 Å². The number of ether oxygens (including phenoxy) is 1. The van der Waals surface area contributed by atoms with E-state index in [1.54, 1.807) is 0 Å². The number of amides is 4. The van der Waals surface area contributed by atoms with E-state index >= 15 is 0 Å². The van der Waals surface area contributed by atoms with Crippen molar-refractivity contribution in [2.75, 3.05) is 19.6 Å². The zero-order valence-corrected chi connectivity index (χ0v) is 32.7. The second kappa shape index (κ2) is 26.4. The second-order valence-electron chi connectivity index (χ2n) is 14.0. The molecule has 58 heavy (non-hydrogen) atoms. The van der Waals surface area contributed by atoms with E-state index in [0.717, 1.165) is 33.1 Å². The molecule has 8 atom stereocenters. The summed E-state index contributed by atoms with van der Waals surface area (Å²) in [6, 6.07) is -5.02. The van der Waals surface area contributed by atoms with Crippen molar-refractivity contribution in [2.24, 2.45) is 22.4 Å². The number of aliphatic carboxylic acids is 1. The quantitative estimate of drug-likeness (QED) is 0.0222. The van der Waals surface area contributed by atoms with Gasteiger partial charge in [-0.3, -0.25) is 28.8 Å². The lowest BCUT2D eigenvalue weighted by Crippen LogP contribution is -2.56. The van der Waals surface area contributed by atoms with Crippen LogP contribution in [0.5, 0.6) is 0 Å². The first kappa shape index (κ1) is 50.5. The van der Waals surface area contributed by atoms with Crippen LogP contribution in [0.4, 0.5) is 0 Å². The normalized spacial score (nSPS) is 23.4. The van der Waals surface area contributed by atoms with Crippen LogP contribution in [0.25, 0.3) is 0 Å². The number of ketones is 2. The Kier molecular flexibility index (Phi) is 23.0. The molecule has 0 unspecified atom stereocenters. The number of aliphatic hydroxyl groups is 2. The molecule has 0 aromatic carbocycles. The smallest absolute Gasteiger partial charge is 0.333 e. The number of carboxylic acid groups (broad SMARTS) is 1. The maximum absolute atomic E-state index is 14.0. The summed E-state index contributed by atoms with van der Waals surface area (Å²) in [6.45, 7) is 2.57. The van der Waals surface area contributed by atoms with Crippen molar-refractivity contribution >= 4 is 47.1 Å². The van der Waals surface area contributed by atoms with Gasteiger partial charge in [-0.05, 0) is 33.1 Å². The van der Waals surface area contributed by atoms with Gasteiger partial charge in [0.05, 0.1) is 24.5 Å². The highest BCUT2D eigenvalue weighted by molar-refractivity contribution is 5.97. The third-order valence-corrected chi connectivity index (χ3v) is 9.29. The molecule has 0 spiro atoms. The predicted molar refractivity (Wildman–Crippen MR) is 193 cm³/mol. The molecule has 1 aliphatic heterocycles. The number of hydroxylamine groups is 2. The summed E-state index contributed by atoms with van der Waals surface area (Å²) in [6.07, 6.45) is -4.50. The van der Waals surface area contributed by atoms with Crippen LogP contribution >= 0.6 is 0 Å². The Hall–Kier alpha value is -5.52. The molecule has 0 bridgehead atoms. The number of Topliss-reactive ketones (excluding diaryl/α,β-unsaturated/α-hetero) is 2. The fourth-order valence-electron chi connectivity index (χ4n) is 5.96. The summed E-state index contributed by atoms with van der Waals surface area (Å²) in [5.41, 5.74) is 0. The molecule has 24 nitrogen and oxygen atoms in total. The van der Waals surface area contributed by atoms with Crippen LogP contribution < -0.4 is 21.3 Å². The molecule has 1 rings (SSSR count). The van der Waals surface area contributed by atoms with Gasteiger partial charge in [0, 0.05) is 32.1 Å². The number of nitrogens with one attached hydrogen (secondary N) is 4. The van der Waals surface area contributed by atoms with E-state index in [4.69, 9.17) is 15.2 Å². The number of nitrogens with zero attached hydrogens (tertiary/aromatic N) is 4. The molecular weight excluding hydrogens is 776 g/mol. The zero-order valence-electron chi connectivity index (χ0n) is 32.7. The summed E-state index contributed by atoms with van der Waals surface area (Å²) in [4.78, 5) is 105. The van der Waals surface area contributed by atoms with Crippen LogP contribution in [-0.4, -0.2) is 139 Å². The highest BCUT2D eigenvalue weighted by Crippen LogP contribution is 2.19. The number of carboxylic acids is 1. The molecule has 24 heteroatoms. The van der Waals surface area contributed by atoms with Crippen molar-refractivity contribution in [1.29, 1.82) is 0 Å². The predicted octanol–water partition coefficient (Wildman–Crippen LogP) is -0.896. The first-order valence-electron chi connectivity index (χ1n) is 19.0. The van der Waals surface area contributed by atoms with Gasteiger partial charge in [-0.25, -0.2) is 9.59 Å². The number of rotatable bonds is 21. The van der Waals surface area contributed by atoms with Crippen molar-refractivity contribution in [3.8, 4) is 0 Å². The fourth-order valence-corrected chi connectivity index (χ4v) is 5.96. The van der Waals surface area contributed by atoms with Gasteiger partial charge in [0.2, 0.25) is 23.6 Å². The topological polar surface area (TPSA) is 372 Å². The van der Waals surface area contributed by atoms with E-state index in [0.29, 0.717) is 12.8 Å². The number of hydrogen-bond donors (Lipinski definition) is 9. The third kappa shape index (κ3) is 18.2. The molecule has 328 valence electrons. The number of hydrogen-bond acceptors (Lipinski definition) is 15. The Morgan fingerprint density at radius 3 is 2.03 bits per heavy atom. The van der Waals surface area contributed by atoms with E-state index < -0.39 is 128 Å². The van der Waals surface area contributed by atoms with E-state index in [1.165, 1.54) is 0 Å². The molecular formula is C34H56N8O16. The van der Waals surface area contributed by atoms with Gasteiger partial charge in [-0.1, -0.05) is 42.3 Å². The minimum Gasteiger partial charge on any atom is -0.597 e. The Labute approximate surface area is 333 Å². The molecule has 4 amide bonds. The SMILES string of the molecule is CCCCCCCC(=O)C[C@@H](C(=O)N[C@@H]1C(=O)C[C@H]([C@@H](C)O)C(=O)N[C@H](CCC[N+]([O-])=NO)C(=O)NCC(=O)N[C@H](CCC[N+]([O-])=NO)C(=O)O[C@@H]1C)[C@@H](O)C(=O)O. The lowest BCUT2D eigenvalue weighted by Gasteiger charge is -2.30. The summed E-state index contributed by atoms with van der Waals surface area (Å²) in [7, 11) is 0. The van der Waals surface area contributed by atoms with E-state index in [2.05, 4.69) is 31.8 Å². The van der Waals surface area contributed by atoms with Crippen molar-refractivity contribution < 1.29 is 78.5 Å². The number of esters is 1. The van der Waals surface area contributed by atoms with Gasteiger partial charge in [-0.15, -0.1) is 0 Å². The number of aliphatic hydroxyl groups excluding tert-OH is 2. The Bertz CT molecular complexity index is 1490. The molecule has 1 fully saturated rings. The van der Waals surface area contributed by atoms with Crippen molar-refractivity contribution in [3.05, 3.63) is 10.4 Å². The lowest BCUT2D eigenvalue weighted by molar-refractivity contribution is -0.556. The summed E-state index contributed by atoms with van der Waals surface area (Å²) >= 11 is 0. The molecule has 0 radical (unpaired) electrons. The first-order valence-corrected chi connectivity index (χ1v) is 19.0. The average molecular weight is 833 g/mol. The van der Waals surface area contributed by atoms with Crippen molar-refractivity contribution in [3.63, 3.8) is 0 Å². The van der Waals surface area contributed by atoms with Crippen LogP contribution in [0.2, 0.25) is 0 Å². The maximum atomic E-state index is 14.0. The summed E-state index contributed by atoms with van der Waals surface area (Å²) in [5.74, 6) is -12.7. The van der Waals surface area contributed by atoms with Crippen LogP contribution in [0.15, 0.2) is 10.6 Å². The monoisotopic (exact) mass is 832 g/mol. The molecule has 1 heterocycles. The second-order valence-corrected chi connectivity index (χ2v) is 14.0. The number of carbonyl (C=O) groups excluding carboxylic acids is 7. The fraction of sp³-hybridized carbons (Fsp3) is 0.765. The van der Waals surface area contributed by atoms with E-state index in [9.17, 15) is 64.1 Å². The average Bonchev–Trinajstić information content (AvgIpc) is 3.17. The molecule has 0 saturated carbocycles. The molecule has 0 aromatic rings. The molecule has 9 N–H and O–H groups in total. The van der Waals surface area contributed by atoms with Gasteiger partial charge in [0.25, 0.3) is 0 Å². The van der Waals surface area contributed by atoms with Gasteiger partial charge < -0.3 is 62.2 Å². The third-order valence-electron chi connectivity index (χ3n) is 9.29. The van der Waals surface area contributed by atoms with Gasteiger partial charge in [-0.2, -0.15) is 0 Å². The standard InChI is InChI=1S/C34H56N8O16/c1-4-5-6-7-8-11-21(44)16-23(29(47)33(51)52)31(49)38-28-20(3)58-34(53)25(13-10-15-42(57)40-55)36-27(46)18-35-32(50)24(12-9-14-41(56)39-54)37-30(48)22(19(2)43)17-26(28)45/h19-20,22-25,28-29,43,47,54-55H,4-18H2,1-3H3,(H,35,50)(H,36,46)(H,37,48)(H,38,49)(H,51,52)/t19-,20-,22-,23-,24-,25-,28+,29-/m1/s1. The van der Waals surface area contributed by atoms with Crippen molar-refractivity contribution in [1.82, 2.24) is 21.3 Å². The molecule has 1 aliphatic rings. The van der Waals surface area contributed by atoms with Crippen LogP contribution in [0, 0.1) is 22.3 Å². The number of cyclic esters (lactones) is 1. The van der Waals surface area contributed by atoms with Crippen molar-refractivity contribution in [2.45, 2.75) is 134 Å². The minimum absolute atomic E-state index is 0.0318. The van der Waals surface area contributed by atoms with Crippen LogP contribution in [0.1, 0.15) is 97.8 Å². The lowest BCUT2D eigenvalue weighted by atomic mass is 9.89. The Morgan fingerprint density at radius 2 is 1.48 bits per heavy atom. The van der Waals surface area contributed by atoms with Crippen LogP contribution in [0.3, 0.4) is 0 Å². The first-order chi connectivity index (χ1) is 27.4. The number of unbranched alkanes of at least 4 members (excludes halogenated alkanes) is 4. The minimum atomic E-state index is -2.42. The van der Waals surface area contributed by atoms with E-state index in [-0.39, 0.29) is 41.8 Å². The summed E-state index contributed by atoms with van der Waals surface area (Å²) < 4.78 is 5.46. The van der Waals surface area contributed by atoms with Gasteiger partial charge in [0.15, 0.2) is 35.5 Å².